The minimum Gasteiger partial charge on any atom is -0.488 e. The lowest BCUT2D eigenvalue weighted by Gasteiger charge is -2.13. The maximum atomic E-state index is 9.66. The predicted octanol–water partition coefficient (Wildman–Crippen LogP) is 4.14. The normalized spacial score (nSPS) is 12.4. The summed E-state index contributed by atoms with van der Waals surface area (Å²) >= 11 is 5.05. The van der Waals surface area contributed by atoms with Crippen LogP contribution < -0.4 is 4.74 Å². The molecule has 17 heavy (non-hydrogen) atoms. The van der Waals surface area contributed by atoms with E-state index < -0.39 is 6.10 Å². The van der Waals surface area contributed by atoms with Crippen LogP contribution in [-0.2, 0) is 6.61 Å². The molecule has 2 rings (SSSR count). The number of hydrogen-bond donors (Lipinski definition) is 1. The molecular weight excluding hydrogens is 300 g/mol. The largest absolute Gasteiger partial charge is 0.488 e. The minimum absolute atomic E-state index is 0.527. The van der Waals surface area contributed by atoms with Gasteiger partial charge in [-0.15, -0.1) is 0 Å². The van der Waals surface area contributed by atoms with Gasteiger partial charge < -0.3 is 9.84 Å². The second-order valence-corrected chi connectivity index (χ2v) is 5.47. The number of halogens is 1. The van der Waals surface area contributed by atoms with E-state index in [1.807, 2.05) is 29.6 Å². The van der Waals surface area contributed by atoms with E-state index in [4.69, 9.17) is 4.74 Å². The van der Waals surface area contributed by atoms with E-state index in [-0.39, 0.29) is 0 Å². The van der Waals surface area contributed by atoms with Crippen molar-refractivity contribution in [2.75, 3.05) is 0 Å². The van der Waals surface area contributed by atoms with Crippen LogP contribution in [0, 0.1) is 0 Å². The Kier molecular flexibility index (Phi) is 4.20. The van der Waals surface area contributed by atoms with Gasteiger partial charge in [-0.05, 0) is 41.4 Å². The van der Waals surface area contributed by atoms with Crippen LogP contribution in [0.1, 0.15) is 24.2 Å². The van der Waals surface area contributed by atoms with E-state index >= 15 is 0 Å². The third-order valence-corrected chi connectivity index (χ3v) is 3.63. The van der Waals surface area contributed by atoms with Gasteiger partial charge in [-0.25, -0.2) is 0 Å². The second kappa shape index (κ2) is 5.67. The second-order valence-electron chi connectivity index (χ2n) is 3.78. The van der Waals surface area contributed by atoms with Crippen LogP contribution in [0.2, 0.25) is 0 Å². The number of hydrogen-bond acceptors (Lipinski definition) is 3. The summed E-state index contributed by atoms with van der Waals surface area (Å²) in [5, 5.41) is 13.7. The van der Waals surface area contributed by atoms with Gasteiger partial charge in [0.15, 0.2) is 0 Å². The first kappa shape index (κ1) is 12.6. The van der Waals surface area contributed by atoms with Crippen molar-refractivity contribution < 1.29 is 9.84 Å². The molecule has 0 saturated heterocycles. The molecule has 1 N–H and O–H groups in total. The Labute approximate surface area is 113 Å². The molecule has 0 bridgehead atoms. The Morgan fingerprint density at radius 3 is 2.88 bits per heavy atom. The number of aliphatic hydroxyl groups is 1. The highest BCUT2D eigenvalue weighted by Crippen LogP contribution is 2.29. The SMILES string of the molecule is C[C@H](O)c1ccc(Br)cc1OCc1ccsc1. The standard InChI is InChI=1S/C13H13BrO2S/c1-9(15)12-3-2-11(14)6-13(12)16-7-10-4-5-17-8-10/h2-6,8-9,15H,7H2,1H3/t9-/m0/s1. The van der Waals surface area contributed by atoms with E-state index in [0.29, 0.717) is 6.61 Å². The summed E-state index contributed by atoms with van der Waals surface area (Å²) in [7, 11) is 0. The van der Waals surface area contributed by atoms with Crippen LogP contribution in [-0.4, -0.2) is 5.11 Å². The number of ether oxygens (including phenoxy) is 1. The minimum atomic E-state index is -0.527. The van der Waals surface area contributed by atoms with E-state index in [1.54, 1.807) is 18.3 Å². The molecule has 0 saturated carbocycles. The molecule has 1 atom stereocenters. The highest BCUT2D eigenvalue weighted by atomic mass is 79.9. The maximum Gasteiger partial charge on any atom is 0.126 e. The number of thiophene rings is 1. The van der Waals surface area contributed by atoms with Crippen molar-refractivity contribution in [2.45, 2.75) is 19.6 Å². The lowest BCUT2D eigenvalue weighted by molar-refractivity contribution is 0.190. The molecule has 1 aromatic carbocycles. The van der Waals surface area contributed by atoms with Crippen molar-refractivity contribution in [1.82, 2.24) is 0 Å². The first-order valence-electron chi connectivity index (χ1n) is 5.28. The zero-order valence-corrected chi connectivity index (χ0v) is 11.8. The molecule has 4 heteroatoms. The predicted molar refractivity (Wildman–Crippen MR) is 73.4 cm³/mol. The average Bonchev–Trinajstić information content (AvgIpc) is 2.78. The molecule has 0 amide bonds. The highest BCUT2D eigenvalue weighted by Gasteiger charge is 2.09. The van der Waals surface area contributed by atoms with Crippen LogP contribution in [0.3, 0.4) is 0 Å². The monoisotopic (exact) mass is 312 g/mol. The lowest BCUT2D eigenvalue weighted by atomic mass is 10.1. The van der Waals surface area contributed by atoms with Crippen LogP contribution >= 0.6 is 27.3 Å². The third-order valence-electron chi connectivity index (χ3n) is 2.40. The van der Waals surface area contributed by atoms with Crippen molar-refractivity contribution in [2.24, 2.45) is 0 Å². The summed E-state index contributed by atoms with van der Waals surface area (Å²) in [4.78, 5) is 0. The number of rotatable bonds is 4. The molecule has 0 unspecified atom stereocenters. The zero-order valence-electron chi connectivity index (χ0n) is 9.39. The Bertz CT molecular complexity index is 480. The van der Waals surface area contributed by atoms with Crippen LogP contribution in [0.25, 0.3) is 0 Å². The first-order valence-corrected chi connectivity index (χ1v) is 7.02. The quantitative estimate of drug-likeness (QED) is 0.919. The summed E-state index contributed by atoms with van der Waals surface area (Å²) in [6.07, 6.45) is -0.527. The smallest absolute Gasteiger partial charge is 0.126 e. The molecule has 1 aromatic heterocycles. The van der Waals surface area contributed by atoms with Crippen molar-refractivity contribution >= 4 is 27.3 Å². The molecule has 1 heterocycles. The Morgan fingerprint density at radius 2 is 2.24 bits per heavy atom. The van der Waals surface area contributed by atoms with E-state index in [1.165, 1.54) is 0 Å². The van der Waals surface area contributed by atoms with Gasteiger partial charge in [-0.3, -0.25) is 0 Å². The highest BCUT2D eigenvalue weighted by molar-refractivity contribution is 9.10. The fourth-order valence-electron chi connectivity index (χ4n) is 1.51. The van der Waals surface area contributed by atoms with E-state index in [9.17, 15) is 5.11 Å². The Balaban J connectivity index is 2.16. The molecule has 0 fully saturated rings. The van der Waals surface area contributed by atoms with Gasteiger partial charge in [0.05, 0.1) is 6.10 Å². The molecule has 0 spiro atoms. The zero-order chi connectivity index (χ0) is 12.3. The topological polar surface area (TPSA) is 29.5 Å². The molecule has 2 aromatic rings. The van der Waals surface area contributed by atoms with Gasteiger partial charge >= 0.3 is 0 Å². The molecule has 0 aliphatic heterocycles. The number of aliphatic hydroxyl groups excluding tert-OH is 1. The van der Waals surface area contributed by atoms with Gasteiger partial charge in [0.25, 0.3) is 0 Å². The van der Waals surface area contributed by atoms with Crippen LogP contribution in [0.4, 0.5) is 0 Å². The molecule has 2 nitrogen and oxygen atoms in total. The van der Waals surface area contributed by atoms with Crippen LogP contribution in [0.15, 0.2) is 39.5 Å². The van der Waals surface area contributed by atoms with Crippen molar-refractivity contribution in [1.29, 1.82) is 0 Å². The summed E-state index contributed by atoms with van der Waals surface area (Å²) in [5.41, 5.74) is 1.95. The van der Waals surface area contributed by atoms with Gasteiger partial charge in [0.2, 0.25) is 0 Å². The Morgan fingerprint density at radius 1 is 1.41 bits per heavy atom. The Hall–Kier alpha value is -0.840. The van der Waals surface area contributed by atoms with Gasteiger partial charge in [-0.2, -0.15) is 11.3 Å². The number of benzene rings is 1. The van der Waals surface area contributed by atoms with Crippen LogP contribution in [0.5, 0.6) is 5.75 Å². The van der Waals surface area contributed by atoms with E-state index in [0.717, 1.165) is 21.3 Å². The lowest BCUT2D eigenvalue weighted by Crippen LogP contribution is -2.00. The van der Waals surface area contributed by atoms with E-state index in [2.05, 4.69) is 21.3 Å². The third kappa shape index (κ3) is 3.31. The molecule has 0 aliphatic carbocycles. The van der Waals surface area contributed by atoms with Gasteiger partial charge in [0.1, 0.15) is 12.4 Å². The van der Waals surface area contributed by atoms with Crippen molar-refractivity contribution in [3.05, 3.63) is 50.6 Å². The summed E-state index contributed by atoms with van der Waals surface area (Å²) in [6, 6.07) is 7.69. The molecule has 0 aliphatic rings. The molecule has 90 valence electrons. The first-order chi connectivity index (χ1) is 8.16. The average molecular weight is 313 g/mol. The maximum absolute atomic E-state index is 9.66. The fourth-order valence-corrected chi connectivity index (χ4v) is 2.51. The van der Waals surface area contributed by atoms with Crippen molar-refractivity contribution in [3.63, 3.8) is 0 Å². The molecular formula is C13H13BrO2S. The summed E-state index contributed by atoms with van der Waals surface area (Å²) < 4.78 is 6.69. The van der Waals surface area contributed by atoms with Gasteiger partial charge in [-0.1, -0.05) is 22.0 Å². The molecule has 0 radical (unpaired) electrons. The summed E-state index contributed by atoms with van der Waals surface area (Å²) in [6.45, 7) is 2.26. The van der Waals surface area contributed by atoms with Crippen molar-refractivity contribution in [3.8, 4) is 5.75 Å². The fraction of sp³-hybridized carbons (Fsp3) is 0.231. The van der Waals surface area contributed by atoms with Gasteiger partial charge in [0, 0.05) is 10.0 Å². The summed E-state index contributed by atoms with van der Waals surface area (Å²) in [5.74, 6) is 0.723.